The van der Waals surface area contributed by atoms with E-state index in [0.29, 0.717) is 29.9 Å². The van der Waals surface area contributed by atoms with Crippen LogP contribution in [0.2, 0.25) is 0 Å². The molecular weight excluding hydrogens is 306 g/mol. The lowest BCUT2D eigenvalue weighted by Gasteiger charge is -2.31. The van der Waals surface area contributed by atoms with Crippen molar-refractivity contribution < 1.29 is 14.3 Å². The van der Waals surface area contributed by atoms with Crippen LogP contribution in [0, 0.1) is 11.3 Å². The zero-order valence-corrected chi connectivity index (χ0v) is 13.8. The summed E-state index contributed by atoms with van der Waals surface area (Å²) >= 11 is 0. The molecular formula is C18H19N3O3. The number of ether oxygens (including phenoxy) is 2. The predicted octanol–water partition coefficient (Wildman–Crippen LogP) is 2.41. The van der Waals surface area contributed by atoms with Crippen LogP contribution in [0.4, 0.5) is 0 Å². The molecule has 0 amide bonds. The van der Waals surface area contributed by atoms with Crippen LogP contribution < -0.4 is 4.74 Å². The van der Waals surface area contributed by atoms with E-state index in [9.17, 15) is 4.79 Å². The van der Waals surface area contributed by atoms with Crippen molar-refractivity contribution in [2.75, 3.05) is 13.7 Å². The van der Waals surface area contributed by atoms with E-state index < -0.39 is 5.54 Å². The summed E-state index contributed by atoms with van der Waals surface area (Å²) in [6.07, 6.45) is 5.49. The minimum absolute atomic E-state index is 0.316. The SMILES string of the molecule is CCCOC(=O)C1(c2ccc(C#N)cc2OC)CCc2cncn21. The molecule has 1 aromatic carbocycles. The largest absolute Gasteiger partial charge is 0.496 e. The Labute approximate surface area is 140 Å². The number of aryl methyl sites for hydroxylation is 1. The highest BCUT2D eigenvalue weighted by Crippen LogP contribution is 2.43. The molecule has 1 aliphatic rings. The Balaban J connectivity index is 2.18. The molecule has 0 saturated heterocycles. The maximum absolute atomic E-state index is 13.0. The maximum Gasteiger partial charge on any atom is 0.337 e. The van der Waals surface area contributed by atoms with Crippen molar-refractivity contribution >= 4 is 5.97 Å². The van der Waals surface area contributed by atoms with Crippen LogP contribution in [0.3, 0.4) is 0 Å². The second-order valence-corrected chi connectivity index (χ2v) is 5.78. The first kappa shape index (κ1) is 16.1. The Hall–Kier alpha value is -2.81. The lowest BCUT2D eigenvalue weighted by atomic mass is 9.86. The van der Waals surface area contributed by atoms with Crippen molar-refractivity contribution in [3.63, 3.8) is 0 Å². The number of imidazole rings is 1. The summed E-state index contributed by atoms with van der Waals surface area (Å²) < 4.78 is 12.9. The summed E-state index contributed by atoms with van der Waals surface area (Å²) in [4.78, 5) is 17.2. The molecule has 0 N–H and O–H groups in total. The maximum atomic E-state index is 13.0. The van der Waals surface area contributed by atoms with Crippen LogP contribution in [-0.4, -0.2) is 29.2 Å². The summed E-state index contributed by atoms with van der Waals surface area (Å²) in [6.45, 7) is 2.32. The fraction of sp³-hybridized carbons (Fsp3) is 0.389. The van der Waals surface area contributed by atoms with E-state index in [4.69, 9.17) is 14.7 Å². The van der Waals surface area contributed by atoms with Crippen molar-refractivity contribution in [3.05, 3.63) is 47.5 Å². The summed E-state index contributed by atoms with van der Waals surface area (Å²) in [5.41, 5.74) is 1.16. The van der Waals surface area contributed by atoms with Gasteiger partial charge in [-0.05, 0) is 31.4 Å². The molecule has 0 fully saturated rings. The number of esters is 1. The van der Waals surface area contributed by atoms with Gasteiger partial charge in [-0.1, -0.05) is 13.0 Å². The van der Waals surface area contributed by atoms with Gasteiger partial charge in [-0.3, -0.25) is 0 Å². The van der Waals surface area contributed by atoms with Crippen LogP contribution in [-0.2, 0) is 21.5 Å². The van der Waals surface area contributed by atoms with E-state index in [1.807, 2.05) is 11.5 Å². The molecule has 1 unspecified atom stereocenters. The average molecular weight is 325 g/mol. The highest BCUT2D eigenvalue weighted by Gasteiger charge is 2.49. The van der Waals surface area contributed by atoms with Gasteiger partial charge in [-0.25, -0.2) is 9.78 Å². The summed E-state index contributed by atoms with van der Waals surface area (Å²) in [5.74, 6) is 0.188. The van der Waals surface area contributed by atoms with E-state index in [-0.39, 0.29) is 5.97 Å². The first-order chi connectivity index (χ1) is 11.7. The molecule has 0 saturated carbocycles. The molecule has 0 spiro atoms. The van der Waals surface area contributed by atoms with Gasteiger partial charge >= 0.3 is 5.97 Å². The van der Waals surface area contributed by atoms with Gasteiger partial charge in [0.2, 0.25) is 0 Å². The van der Waals surface area contributed by atoms with Crippen molar-refractivity contribution in [1.29, 1.82) is 5.26 Å². The van der Waals surface area contributed by atoms with Crippen molar-refractivity contribution in [3.8, 4) is 11.8 Å². The number of carbonyl (C=O) groups excluding carboxylic acids is 1. The average Bonchev–Trinajstić information content (AvgIpc) is 3.22. The number of nitrogens with zero attached hydrogens (tertiary/aromatic N) is 3. The van der Waals surface area contributed by atoms with E-state index >= 15 is 0 Å². The van der Waals surface area contributed by atoms with Gasteiger partial charge < -0.3 is 14.0 Å². The quantitative estimate of drug-likeness (QED) is 0.789. The molecule has 24 heavy (non-hydrogen) atoms. The minimum Gasteiger partial charge on any atom is -0.496 e. The first-order valence-electron chi connectivity index (χ1n) is 7.95. The topological polar surface area (TPSA) is 77.1 Å². The standard InChI is InChI=1S/C18H19N3O3/c1-3-8-24-17(22)18(7-6-14-11-20-12-21(14)18)15-5-4-13(10-19)9-16(15)23-2/h4-5,9,11-12H,3,6-8H2,1-2H3. The second-order valence-electron chi connectivity index (χ2n) is 5.78. The zero-order valence-electron chi connectivity index (χ0n) is 13.8. The number of aromatic nitrogens is 2. The minimum atomic E-state index is -1.000. The second kappa shape index (κ2) is 6.36. The third kappa shape index (κ3) is 2.33. The van der Waals surface area contributed by atoms with E-state index in [0.717, 1.165) is 18.5 Å². The number of benzene rings is 1. The lowest BCUT2D eigenvalue weighted by Crippen LogP contribution is -2.42. The smallest absolute Gasteiger partial charge is 0.337 e. The Kier molecular flexibility index (Phi) is 4.26. The Morgan fingerprint density at radius 2 is 2.33 bits per heavy atom. The molecule has 6 heteroatoms. The van der Waals surface area contributed by atoms with Crippen LogP contribution in [0.1, 0.15) is 36.6 Å². The number of rotatable bonds is 5. The molecule has 124 valence electrons. The van der Waals surface area contributed by atoms with Crippen LogP contribution >= 0.6 is 0 Å². The third-order valence-electron chi connectivity index (χ3n) is 4.42. The van der Waals surface area contributed by atoms with Crippen LogP contribution in [0.5, 0.6) is 5.75 Å². The van der Waals surface area contributed by atoms with E-state index in [1.165, 1.54) is 7.11 Å². The van der Waals surface area contributed by atoms with Gasteiger partial charge in [0.15, 0.2) is 5.54 Å². The van der Waals surface area contributed by atoms with Crippen molar-refractivity contribution in [2.24, 2.45) is 0 Å². The van der Waals surface area contributed by atoms with Gasteiger partial charge in [0, 0.05) is 17.5 Å². The summed E-state index contributed by atoms with van der Waals surface area (Å²) in [6, 6.07) is 7.22. The predicted molar refractivity (Wildman–Crippen MR) is 86.6 cm³/mol. The molecule has 2 heterocycles. The number of hydrogen-bond acceptors (Lipinski definition) is 5. The van der Waals surface area contributed by atoms with Gasteiger partial charge in [0.1, 0.15) is 5.75 Å². The van der Waals surface area contributed by atoms with Crippen molar-refractivity contribution in [1.82, 2.24) is 9.55 Å². The highest BCUT2D eigenvalue weighted by molar-refractivity contribution is 5.85. The molecule has 1 aromatic heterocycles. The Morgan fingerprint density at radius 1 is 1.50 bits per heavy atom. The number of carbonyl (C=O) groups is 1. The Bertz CT molecular complexity index is 806. The fourth-order valence-corrected chi connectivity index (χ4v) is 3.27. The molecule has 2 aromatic rings. The number of hydrogen-bond donors (Lipinski definition) is 0. The lowest BCUT2D eigenvalue weighted by molar-refractivity contribution is -0.152. The molecule has 1 aliphatic heterocycles. The van der Waals surface area contributed by atoms with Gasteiger partial charge in [0.25, 0.3) is 0 Å². The molecule has 3 rings (SSSR count). The summed E-state index contributed by atoms with van der Waals surface area (Å²) in [7, 11) is 1.54. The summed E-state index contributed by atoms with van der Waals surface area (Å²) in [5, 5.41) is 9.12. The third-order valence-corrected chi connectivity index (χ3v) is 4.42. The zero-order chi connectivity index (χ0) is 17.2. The van der Waals surface area contributed by atoms with E-state index in [2.05, 4.69) is 11.1 Å². The number of nitriles is 1. The molecule has 1 atom stereocenters. The van der Waals surface area contributed by atoms with Gasteiger partial charge in [-0.15, -0.1) is 0 Å². The van der Waals surface area contributed by atoms with Crippen LogP contribution in [0.15, 0.2) is 30.7 Å². The molecule has 0 aliphatic carbocycles. The Morgan fingerprint density at radius 3 is 3.04 bits per heavy atom. The van der Waals surface area contributed by atoms with E-state index in [1.54, 1.807) is 30.7 Å². The monoisotopic (exact) mass is 325 g/mol. The van der Waals surface area contributed by atoms with Crippen LogP contribution in [0.25, 0.3) is 0 Å². The molecule has 0 bridgehead atoms. The number of fused-ring (bicyclic) bond motifs is 1. The van der Waals surface area contributed by atoms with Crippen molar-refractivity contribution in [2.45, 2.75) is 31.7 Å². The van der Waals surface area contributed by atoms with Gasteiger partial charge in [-0.2, -0.15) is 5.26 Å². The highest BCUT2D eigenvalue weighted by atomic mass is 16.5. The number of methoxy groups -OCH3 is 1. The normalized spacial score (nSPS) is 18.7. The van der Waals surface area contributed by atoms with Gasteiger partial charge in [0.05, 0.1) is 31.7 Å². The molecule has 0 radical (unpaired) electrons. The molecule has 6 nitrogen and oxygen atoms in total. The fourth-order valence-electron chi connectivity index (χ4n) is 3.27. The first-order valence-corrected chi connectivity index (χ1v) is 7.95.